The maximum Gasteiger partial charge on any atom is 0.408 e. The highest BCUT2D eigenvalue weighted by Crippen LogP contribution is 2.69. The Bertz CT molecular complexity index is 3790. The normalized spacial score (nSPS) is 37.0. The lowest BCUT2D eigenvalue weighted by Gasteiger charge is -2.68. The van der Waals surface area contributed by atoms with Crippen molar-refractivity contribution in [2.45, 2.75) is 246 Å². The van der Waals surface area contributed by atoms with E-state index in [-0.39, 0.29) is 61.2 Å². The minimum Gasteiger partial charge on any atom is -0.457 e. The van der Waals surface area contributed by atoms with E-state index in [0.717, 1.165) is 0 Å². The first kappa shape index (κ1) is 77.9. The number of nitrogens with one attached hydrogen (secondary N) is 2. The summed E-state index contributed by atoms with van der Waals surface area (Å²) in [4.78, 5) is 97.5. The van der Waals surface area contributed by atoms with Gasteiger partial charge in [0, 0.05) is 59.3 Å². The molecule has 102 heavy (non-hydrogen) atoms. The third-order valence-corrected chi connectivity index (χ3v) is 25.5. The van der Waals surface area contributed by atoms with Gasteiger partial charge in [0.15, 0.2) is 23.5 Å². The minimum absolute atomic E-state index is 0.0811. The number of rotatable bonds is 13. The molecule has 9 N–H and O–H groups in total. The zero-order valence-electron chi connectivity index (χ0n) is 62.3. The number of carbonyl (C=O) groups excluding carboxylic acids is 7. The van der Waals surface area contributed by atoms with Gasteiger partial charge < -0.3 is 74.8 Å². The van der Waals surface area contributed by atoms with E-state index in [0.29, 0.717) is 41.1 Å². The lowest BCUT2D eigenvalue weighted by molar-refractivity contribution is -0.302. The minimum atomic E-state index is -1.87. The maximum atomic E-state index is 14.8. The summed E-state index contributed by atoms with van der Waals surface area (Å²) in [6, 6.07) is 23.5. The van der Waals surface area contributed by atoms with Gasteiger partial charge in [0.05, 0.1) is 77.7 Å². The molecule has 558 valence electrons. The number of fused-ring (bicyclic) bond motifs is 10. The van der Waals surface area contributed by atoms with Crippen molar-refractivity contribution in [1.29, 1.82) is 0 Å². The van der Waals surface area contributed by atoms with Crippen LogP contribution in [0.15, 0.2) is 113 Å². The SMILES string of the molecule is CC1=C2[C@@H](O)C(=O)[C@@]3(C)C([C@H](C)[C@](O)(C[C@@H]1OC(=O)[C@H](CC(=O)c1ccccc1)[C@@H](NC(=O)OC(C)(C)C)c1ccccc1)C2(C)C)[C@]1(C)CO[C@@H]1C[C@@H]3O.CC1=C2[C@@H](O)C(=O)[C@@]3(C)C([C@H](C)[C@](O)(C[C@@H]1OC(=O)[C@H](O)[C@@H](NC(=O)OC(C)(C)C)c1ccccc1)C2(C)C)[C@]1(C)CO[C@@H]1C[C@@H]3O. The number of aliphatic hydroxyl groups excluding tert-OH is 5. The molecule has 2 saturated heterocycles. The number of hydrogen-bond donors (Lipinski definition) is 9. The molecule has 0 radical (unpaired) electrons. The highest BCUT2D eigenvalue weighted by Gasteiger charge is 2.75. The molecule has 11 rings (SSSR count). The van der Waals surface area contributed by atoms with Crippen molar-refractivity contribution in [1.82, 2.24) is 10.6 Å². The van der Waals surface area contributed by atoms with Crippen molar-refractivity contribution in [2.75, 3.05) is 13.2 Å². The predicted molar refractivity (Wildman–Crippen MR) is 374 cm³/mol. The van der Waals surface area contributed by atoms with E-state index in [1.54, 1.807) is 188 Å². The van der Waals surface area contributed by atoms with Gasteiger partial charge in [-0.3, -0.25) is 19.2 Å². The van der Waals surface area contributed by atoms with Gasteiger partial charge in [-0.05, 0) is 126 Å². The molecule has 6 aliphatic carbocycles. The summed E-state index contributed by atoms with van der Waals surface area (Å²) in [6.45, 7) is 32.5. The van der Waals surface area contributed by atoms with Gasteiger partial charge in [-0.25, -0.2) is 14.4 Å². The molecule has 3 aromatic rings. The largest absolute Gasteiger partial charge is 0.457 e. The molecule has 4 saturated carbocycles. The van der Waals surface area contributed by atoms with Crippen LogP contribution in [0.1, 0.15) is 190 Å². The van der Waals surface area contributed by atoms with Crippen molar-refractivity contribution in [3.05, 3.63) is 130 Å². The number of alkyl carbamates (subject to hydrolysis) is 2. The summed E-state index contributed by atoms with van der Waals surface area (Å²) in [5.41, 5.74) is -8.57. The zero-order chi connectivity index (χ0) is 75.5. The van der Waals surface area contributed by atoms with Gasteiger partial charge >= 0.3 is 24.1 Å². The van der Waals surface area contributed by atoms with E-state index in [4.69, 9.17) is 28.4 Å². The average molecular weight is 1420 g/mol. The van der Waals surface area contributed by atoms with Gasteiger partial charge in [0.1, 0.15) is 35.6 Å². The monoisotopic (exact) mass is 1420 g/mol. The lowest BCUT2D eigenvalue weighted by Crippen LogP contribution is -2.75. The van der Waals surface area contributed by atoms with E-state index < -0.39 is 175 Å². The van der Waals surface area contributed by atoms with Crippen LogP contribution in [-0.2, 0) is 47.6 Å². The fraction of sp³-hybridized carbons (Fsp3) is 0.637. The third-order valence-electron chi connectivity index (χ3n) is 25.5. The highest BCUT2D eigenvalue weighted by molar-refractivity contribution is 5.98. The van der Waals surface area contributed by atoms with Crippen molar-refractivity contribution >= 4 is 41.5 Å². The lowest BCUT2D eigenvalue weighted by atomic mass is 9.40. The molecule has 2 amide bonds. The van der Waals surface area contributed by atoms with Gasteiger partial charge in [-0.1, -0.05) is 146 Å². The van der Waals surface area contributed by atoms with Gasteiger partial charge in [-0.15, -0.1) is 0 Å². The summed E-state index contributed by atoms with van der Waals surface area (Å²) in [5.74, 6) is -7.02. The molecule has 8 aliphatic rings. The molecule has 2 unspecified atom stereocenters. The number of aliphatic hydroxyl groups is 7. The van der Waals surface area contributed by atoms with Crippen LogP contribution in [0.25, 0.3) is 0 Å². The van der Waals surface area contributed by atoms with E-state index >= 15 is 0 Å². The summed E-state index contributed by atoms with van der Waals surface area (Å²) in [5, 5.41) is 89.7. The second-order valence-corrected chi connectivity index (χ2v) is 34.4. The zero-order valence-corrected chi connectivity index (χ0v) is 62.3. The Kier molecular flexibility index (Phi) is 20.9. The number of ketones is 3. The van der Waals surface area contributed by atoms with Crippen LogP contribution in [0.3, 0.4) is 0 Å². The summed E-state index contributed by atoms with van der Waals surface area (Å²) < 4.78 is 35.1. The van der Waals surface area contributed by atoms with Crippen LogP contribution in [0.2, 0.25) is 0 Å². The predicted octanol–water partition coefficient (Wildman–Crippen LogP) is 9.28. The Morgan fingerprint density at radius 2 is 0.902 bits per heavy atom. The van der Waals surface area contributed by atoms with Crippen LogP contribution < -0.4 is 10.6 Å². The summed E-state index contributed by atoms with van der Waals surface area (Å²) >= 11 is 0. The van der Waals surface area contributed by atoms with Crippen LogP contribution in [-0.4, -0.2) is 168 Å². The van der Waals surface area contributed by atoms with Crippen LogP contribution >= 0.6 is 0 Å². The Morgan fingerprint density at radius 3 is 1.26 bits per heavy atom. The molecule has 3 aromatic carbocycles. The Labute approximate surface area is 598 Å². The Balaban J connectivity index is 0.000000222. The quantitative estimate of drug-likeness (QED) is 0.0333. The topological polar surface area (TPSA) is 341 Å². The molecule has 22 nitrogen and oxygen atoms in total. The molecule has 22 atom stereocenters. The molecule has 6 fully saturated rings. The Morgan fingerprint density at radius 1 is 0.549 bits per heavy atom. The standard InChI is InChI=1S/C44H57NO10.C36H51NO10/c1-24-30(22-44(52)25(2)36-42(8)23-53-32(42)21-31(47)43(36,9)37(49)35(48)33(24)41(44,6)7)54-38(50)28(20-29(46)26-16-12-10-13-17-26)34(27-18-14-11-15-19-27)45-39(51)55-40(3,4)5;1-18-21(46-30(42)27(40)25(20-13-11-10-12-14-20)37-31(43)47-32(3,4)5)16-36(44)19(2)28-34(8)17-45-23(34)15-22(38)35(28,9)29(41)26(39)24(18)33(36,6)7/h10-19,25,28,30-32,34-36,47-48,52H,20-23H2,1-9H3,(H,45,51);10-14,19,21-23,25-28,38-40,44H,15-17H2,1-9H3,(H,37,43)/t25-,28+,30-,31-,32+,34-,35+,36?,42+,43+,44+;19-,21-,22-,23+,25-,26+,27+,28?,34+,35+,36+/m00/s1. The number of carbonyl (C=O) groups is 7. The van der Waals surface area contributed by atoms with Crippen molar-refractivity contribution in [2.24, 2.45) is 62.1 Å². The molecule has 0 spiro atoms. The molecule has 0 aromatic heterocycles. The van der Waals surface area contributed by atoms with Crippen LogP contribution in [0.5, 0.6) is 0 Å². The Hall–Kier alpha value is -6.73. The van der Waals surface area contributed by atoms with E-state index in [9.17, 15) is 69.3 Å². The molecule has 22 heteroatoms. The van der Waals surface area contributed by atoms with E-state index in [1.807, 2.05) is 27.7 Å². The number of esters is 2. The first-order valence-electron chi connectivity index (χ1n) is 35.9. The number of hydrogen-bond acceptors (Lipinski definition) is 20. The molecule has 2 heterocycles. The summed E-state index contributed by atoms with van der Waals surface area (Å²) in [7, 11) is 0. The number of amides is 2. The fourth-order valence-corrected chi connectivity index (χ4v) is 20.0. The number of benzene rings is 3. The highest BCUT2D eigenvalue weighted by atomic mass is 16.6. The first-order valence-corrected chi connectivity index (χ1v) is 35.9. The molecular formula is C80H108N2O20. The molecular weight excluding hydrogens is 1310 g/mol. The maximum absolute atomic E-state index is 14.8. The average Bonchev–Trinajstić information content (AvgIpc) is 0.681. The van der Waals surface area contributed by atoms with Crippen LogP contribution in [0, 0.1) is 62.1 Å². The molecule has 4 bridgehead atoms. The number of Topliss-reactive ketones (excluding diaryl/α,β-unsaturated/α-hetero) is 3. The molecule has 2 aliphatic heterocycles. The van der Waals surface area contributed by atoms with Crippen molar-refractivity contribution < 1.29 is 97.7 Å². The second-order valence-electron chi connectivity index (χ2n) is 34.4. The van der Waals surface area contributed by atoms with Gasteiger partial charge in [-0.2, -0.15) is 0 Å². The third kappa shape index (κ3) is 13.0. The van der Waals surface area contributed by atoms with Gasteiger partial charge in [0.25, 0.3) is 0 Å². The smallest absolute Gasteiger partial charge is 0.408 e. The van der Waals surface area contributed by atoms with Crippen molar-refractivity contribution in [3.63, 3.8) is 0 Å². The van der Waals surface area contributed by atoms with E-state index in [2.05, 4.69) is 10.6 Å². The second kappa shape index (κ2) is 27.3. The summed E-state index contributed by atoms with van der Waals surface area (Å²) in [6.07, 6.45) is -12.0. The van der Waals surface area contributed by atoms with Crippen LogP contribution in [0.4, 0.5) is 9.59 Å². The fourth-order valence-electron chi connectivity index (χ4n) is 20.0. The van der Waals surface area contributed by atoms with Gasteiger partial charge in [0.2, 0.25) is 0 Å². The first-order chi connectivity index (χ1) is 47.2. The van der Waals surface area contributed by atoms with E-state index in [1.165, 1.54) is 0 Å². The van der Waals surface area contributed by atoms with Crippen molar-refractivity contribution in [3.8, 4) is 0 Å². The number of ether oxygens (including phenoxy) is 6.